The van der Waals surface area contributed by atoms with Gasteiger partial charge in [0.05, 0.1) is 5.69 Å². The van der Waals surface area contributed by atoms with Crippen LogP contribution in [0.25, 0.3) is 0 Å². The molecule has 0 saturated heterocycles. The number of hydrogen-bond donors (Lipinski definition) is 0. The molecule has 2 rings (SSSR count). The Bertz CT molecular complexity index is 546. The van der Waals surface area contributed by atoms with Gasteiger partial charge in [0.2, 0.25) is 0 Å². The molecule has 0 amide bonds. The molecule has 1 heterocycles. The van der Waals surface area contributed by atoms with Crippen LogP contribution in [0.5, 0.6) is 0 Å². The molecular formula is C16H20Cl2N2. The van der Waals surface area contributed by atoms with Crippen molar-refractivity contribution in [2.24, 2.45) is 0 Å². The number of aromatic nitrogens is 2. The minimum atomic E-state index is 0.292. The minimum absolute atomic E-state index is 0.292. The van der Waals surface area contributed by atoms with Gasteiger partial charge in [-0.05, 0) is 43.5 Å². The van der Waals surface area contributed by atoms with Gasteiger partial charge < -0.3 is 0 Å². The Kier molecular flexibility index (Phi) is 5.50. The van der Waals surface area contributed by atoms with E-state index in [2.05, 4.69) is 41.8 Å². The molecule has 2 aromatic rings. The maximum absolute atomic E-state index is 6.17. The molecule has 0 bridgehead atoms. The number of aryl methyl sites for hydroxylation is 2. The van der Waals surface area contributed by atoms with E-state index < -0.39 is 0 Å². The maximum Gasteiger partial charge on any atom is 0.0624 e. The van der Waals surface area contributed by atoms with Crippen molar-refractivity contribution in [3.05, 3.63) is 52.3 Å². The van der Waals surface area contributed by atoms with Crippen LogP contribution in [0.1, 0.15) is 36.7 Å². The molecule has 1 aromatic carbocycles. The molecule has 2 nitrogen and oxygen atoms in total. The van der Waals surface area contributed by atoms with Crippen molar-refractivity contribution in [1.29, 1.82) is 0 Å². The van der Waals surface area contributed by atoms with Gasteiger partial charge >= 0.3 is 0 Å². The molecule has 0 aliphatic rings. The first kappa shape index (κ1) is 15.4. The highest BCUT2D eigenvalue weighted by molar-refractivity contribution is 6.30. The van der Waals surface area contributed by atoms with Crippen molar-refractivity contribution in [3.63, 3.8) is 0 Å². The van der Waals surface area contributed by atoms with E-state index in [1.54, 1.807) is 0 Å². The third-order valence-corrected chi connectivity index (χ3v) is 4.18. The van der Waals surface area contributed by atoms with Gasteiger partial charge in [-0.2, -0.15) is 5.10 Å². The van der Waals surface area contributed by atoms with E-state index in [4.69, 9.17) is 23.2 Å². The van der Waals surface area contributed by atoms with Crippen molar-refractivity contribution >= 4 is 23.2 Å². The fourth-order valence-electron chi connectivity index (χ4n) is 2.37. The summed E-state index contributed by atoms with van der Waals surface area (Å²) in [6.45, 7) is 5.14. The molecule has 0 saturated carbocycles. The number of benzene rings is 1. The van der Waals surface area contributed by atoms with Gasteiger partial charge in [-0.15, -0.1) is 11.6 Å². The summed E-state index contributed by atoms with van der Waals surface area (Å²) < 4.78 is 2.08. The Balaban J connectivity index is 2.21. The minimum Gasteiger partial charge on any atom is -0.270 e. The number of alkyl halides is 1. The molecule has 1 atom stereocenters. The third-order valence-electron chi connectivity index (χ3n) is 3.56. The number of hydrogen-bond acceptors (Lipinski definition) is 1. The second-order valence-electron chi connectivity index (χ2n) is 4.90. The quantitative estimate of drug-likeness (QED) is 0.708. The lowest BCUT2D eigenvalue weighted by Crippen LogP contribution is -2.10. The molecule has 0 N–H and O–H groups in total. The summed E-state index contributed by atoms with van der Waals surface area (Å²) in [7, 11) is 0. The number of halogens is 2. The van der Waals surface area contributed by atoms with Crippen LogP contribution in [0.3, 0.4) is 0 Å². The summed E-state index contributed by atoms with van der Waals surface area (Å²) in [6.07, 6.45) is 1.87. The molecular weight excluding hydrogens is 291 g/mol. The predicted octanol–water partition coefficient (Wildman–Crippen LogP) is 4.68. The number of nitrogens with zero attached hydrogens (tertiary/aromatic N) is 2. The first-order valence-electron chi connectivity index (χ1n) is 7.04. The van der Waals surface area contributed by atoms with Gasteiger partial charge in [-0.1, -0.05) is 30.7 Å². The van der Waals surface area contributed by atoms with Crippen molar-refractivity contribution in [2.45, 2.75) is 39.2 Å². The van der Waals surface area contributed by atoms with Crippen LogP contribution in [-0.4, -0.2) is 15.7 Å². The van der Waals surface area contributed by atoms with E-state index in [0.29, 0.717) is 11.8 Å². The highest BCUT2D eigenvalue weighted by Gasteiger charge is 2.15. The topological polar surface area (TPSA) is 17.8 Å². The van der Waals surface area contributed by atoms with Gasteiger partial charge in [-0.25, -0.2) is 0 Å². The molecule has 1 aromatic heterocycles. The normalized spacial score (nSPS) is 12.6. The summed E-state index contributed by atoms with van der Waals surface area (Å²) in [6, 6.07) is 10.2. The SMILES string of the molecule is CCc1cc(CC(CCl)c2ccc(Cl)cc2)n(CC)n1. The molecule has 0 spiro atoms. The first-order valence-corrected chi connectivity index (χ1v) is 7.96. The molecule has 0 aliphatic heterocycles. The second kappa shape index (κ2) is 7.14. The highest BCUT2D eigenvalue weighted by atomic mass is 35.5. The molecule has 0 aliphatic carbocycles. The fraction of sp³-hybridized carbons (Fsp3) is 0.438. The van der Waals surface area contributed by atoms with Crippen molar-refractivity contribution in [2.75, 3.05) is 5.88 Å². The predicted molar refractivity (Wildman–Crippen MR) is 85.9 cm³/mol. The second-order valence-corrected chi connectivity index (χ2v) is 5.65. The average molecular weight is 311 g/mol. The van der Waals surface area contributed by atoms with E-state index in [1.807, 2.05) is 12.1 Å². The van der Waals surface area contributed by atoms with E-state index in [-0.39, 0.29) is 0 Å². The largest absolute Gasteiger partial charge is 0.270 e. The van der Waals surface area contributed by atoms with Gasteiger partial charge in [0.1, 0.15) is 0 Å². The van der Waals surface area contributed by atoms with E-state index in [9.17, 15) is 0 Å². The van der Waals surface area contributed by atoms with E-state index >= 15 is 0 Å². The van der Waals surface area contributed by atoms with E-state index in [0.717, 1.165) is 30.1 Å². The summed E-state index contributed by atoms with van der Waals surface area (Å²) >= 11 is 12.1. The van der Waals surface area contributed by atoms with Crippen LogP contribution >= 0.6 is 23.2 Å². The van der Waals surface area contributed by atoms with Crippen LogP contribution in [0.4, 0.5) is 0 Å². The standard InChI is InChI=1S/C16H20Cl2N2/c1-3-15-10-16(20(4-2)19-15)9-13(11-17)12-5-7-14(18)8-6-12/h5-8,10,13H,3-4,9,11H2,1-2H3. The van der Waals surface area contributed by atoms with E-state index in [1.165, 1.54) is 11.3 Å². The lowest BCUT2D eigenvalue weighted by atomic mass is 9.96. The van der Waals surface area contributed by atoms with Crippen LogP contribution in [0.2, 0.25) is 5.02 Å². The molecule has 4 heteroatoms. The summed E-state index contributed by atoms with van der Waals surface area (Å²) in [5, 5.41) is 5.35. The first-order chi connectivity index (χ1) is 9.67. The average Bonchev–Trinajstić information content (AvgIpc) is 2.88. The Hall–Kier alpha value is -0.990. The van der Waals surface area contributed by atoms with Crippen LogP contribution < -0.4 is 0 Å². The molecule has 0 fully saturated rings. The van der Waals surface area contributed by atoms with Crippen LogP contribution in [-0.2, 0) is 19.4 Å². The molecule has 20 heavy (non-hydrogen) atoms. The summed E-state index contributed by atoms with van der Waals surface area (Å²) in [5.41, 5.74) is 3.63. The van der Waals surface area contributed by atoms with Crippen molar-refractivity contribution < 1.29 is 0 Å². The zero-order valence-corrected chi connectivity index (χ0v) is 13.5. The Morgan fingerprint density at radius 1 is 1.20 bits per heavy atom. The molecule has 108 valence electrons. The number of rotatable bonds is 6. The zero-order chi connectivity index (χ0) is 14.5. The molecule has 1 unspecified atom stereocenters. The Morgan fingerprint density at radius 2 is 1.90 bits per heavy atom. The van der Waals surface area contributed by atoms with Crippen molar-refractivity contribution in [1.82, 2.24) is 9.78 Å². The summed E-state index contributed by atoms with van der Waals surface area (Å²) in [4.78, 5) is 0. The van der Waals surface area contributed by atoms with Gasteiger partial charge in [-0.3, -0.25) is 4.68 Å². The Morgan fingerprint density at radius 3 is 2.45 bits per heavy atom. The van der Waals surface area contributed by atoms with Crippen LogP contribution in [0.15, 0.2) is 30.3 Å². The van der Waals surface area contributed by atoms with Gasteiger partial charge in [0.15, 0.2) is 0 Å². The van der Waals surface area contributed by atoms with Gasteiger partial charge in [0, 0.05) is 29.1 Å². The fourth-order valence-corrected chi connectivity index (χ4v) is 2.79. The third kappa shape index (κ3) is 3.56. The lowest BCUT2D eigenvalue weighted by molar-refractivity contribution is 0.593. The van der Waals surface area contributed by atoms with Crippen LogP contribution in [0, 0.1) is 0 Å². The highest BCUT2D eigenvalue weighted by Crippen LogP contribution is 2.24. The zero-order valence-electron chi connectivity index (χ0n) is 11.9. The Labute approximate surface area is 130 Å². The monoisotopic (exact) mass is 310 g/mol. The van der Waals surface area contributed by atoms with Crippen molar-refractivity contribution in [3.8, 4) is 0 Å². The smallest absolute Gasteiger partial charge is 0.0624 e. The lowest BCUT2D eigenvalue weighted by Gasteiger charge is -2.15. The molecule has 0 radical (unpaired) electrons. The van der Waals surface area contributed by atoms with Gasteiger partial charge in [0.25, 0.3) is 0 Å². The maximum atomic E-state index is 6.17. The summed E-state index contributed by atoms with van der Waals surface area (Å²) in [5.74, 6) is 0.887.